The summed E-state index contributed by atoms with van der Waals surface area (Å²) in [5.74, 6) is -14.8. The summed E-state index contributed by atoms with van der Waals surface area (Å²) in [6.07, 6.45) is -0.438. The van der Waals surface area contributed by atoms with Crippen molar-refractivity contribution in [3.63, 3.8) is 0 Å². The Balaban J connectivity index is 2.03. The fourth-order valence-electron chi connectivity index (χ4n) is 11.0. The average Bonchev–Trinajstić information content (AvgIpc) is 1.86. The van der Waals surface area contributed by atoms with Crippen LogP contribution < -0.4 is 70.0 Å². The van der Waals surface area contributed by atoms with Gasteiger partial charge in [0, 0.05) is 13.0 Å². The van der Waals surface area contributed by atoms with E-state index in [0.29, 0.717) is 18.4 Å². The molecule has 2 saturated heterocycles. The van der Waals surface area contributed by atoms with E-state index in [1.54, 1.807) is 127 Å². The largest absolute Gasteiger partial charge is 0.458 e. The minimum Gasteiger partial charge on any atom is -0.458 e. The van der Waals surface area contributed by atoms with Gasteiger partial charge in [-0.2, -0.15) is 0 Å². The van der Waals surface area contributed by atoms with Gasteiger partial charge in [-0.25, -0.2) is 4.79 Å². The van der Waals surface area contributed by atoms with E-state index in [2.05, 4.69) is 58.5 Å². The van der Waals surface area contributed by atoms with Crippen molar-refractivity contribution >= 4 is 76.9 Å². The predicted molar refractivity (Wildman–Crippen MR) is 363 cm³/mol. The Morgan fingerprint density at radius 1 is 0.649 bits per heavy atom. The van der Waals surface area contributed by atoms with Crippen LogP contribution in [-0.2, 0) is 73.5 Å². The molecule has 16 N–H and O–H groups in total. The van der Waals surface area contributed by atoms with Crippen LogP contribution in [0.25, 0.3) is 0 Å². The van der Waals surface area contributed by atoms with E-state index < -0.39 is 197 Å². The van der Waals surface area contributed by atoms with Crippen LogP contribution >= 0.6 is 0 Å². The number of carbonyl (C=O) groups excluding carboxylic acids is 13. The molecule has 29 nitrogen and oxygen atoms in total. The lowest BCUT2D eigenvalue weighted by molar-refractivity contribution is -0.157. The lowest BCUT2D eigenvalue weighted by Crippen LogP contribution is -2.64. The molecular formula is C68H112N14O15. The molecular weight excluding hydrogens is 1250 g/mol. The fourth-order valence-corrected chi connectivity index (χ4v) is 11.0. The molecule has 3 rings (SSSR count). The Morgan fingerprint density at radius 3 is 1.74 bits per heavy atom. The first-order valence-corrected chi connectivity index (χ1v) is 34.2. The number of hydrogen-bond acceptors (Lipinski definition) is 17. The topological polar surface area (TPSA) is 439 Å². The number of nitrogens with zero attached hydrogens (tertiary/aromatic N) is 1. The molecule has 2 fully saturated rings. The summed E-state index contributed by atoms with van der Waals surface area (Å²) in [6, 6.07) is -7.36. The summed E-state index contributed by atoms with van der Waals surface area (Å²) in [4.78, 5) is 187. The lowest BCUT2D eigenvalue weighted by Gasteiger charge is -2.33. The third kappa shape index (κ3) is 24.2. The van der Waals surface area contributed by atoms with Crippen LogP contribution in [0, 0.1) is 41.4 Å². The molecule has 0 unspecified atom stereocenters. The zero-order valence-electron chi connectivity index (χ0n) is 59.7. The molecule has 16 atom stereocenters. The van der Waals surface area contributed by atoms with Crippen molar-refractivity contribution in [2.45, 2.75) is 247 Å². The van der Waals surface area contributed by atoms with E-state index in [9.17, 15) is 67.4 Å². The Kier molecular flexibility index (Phi) is 33.8. The first-order valence-electron chi connectivity index (χ1n) is 34.2. The summed E-state index contributed by atoms with van der Waals surface area (Å²) >= 11 is 0. The summed E-state index contributed by atoms with van der Waals surface area (Å²) in [7, 11) is 0. The molecule has 2 aliphatic rings. The molecule has 1 aromatic carbocycles. The number of nitrogens with two attached hydrogens (primary N) is 2. The first kappa shape index (κ1) is 83.2. The Bertz CT molecular complexity index is 2920. The summed E-state index contributed by atoms with van der Waals surface area (Å²) in [6.45, 7) is 27.7. The number of nitrogens with one attached hydrogen (secondary N) is 11. The smallest absolute Gasteiger partial charge is 0.329 e. The van der Waals surface area contributed by atoms with E-state index in [4.69, 9.17) is 16.2 Å². The molecule has 0 aliphatic carbocycles. The quantitative estimate of drug-likeness (QED) is 0.0383. The van der Waals surface area contributed by atoms with Crippen LogP contribution in [0.4, 0.5) is 0 Å². The Labute approximate surface area is 571 Å². The highest BCUT2D eigenvalue weighted by Crippen LogP contribution is 2.23. The molecule has 97 heavy (non-hydrogen) atoms. The van der Waals surface area contributed by atoms with Crippen molar-refractivity contribution in [2.75, 3.05) is 13.1 Å². The zero-order chi connectivity index (χ0) is 73.5. The van der Waals surface area contributed by atoms with Crippen LogP contribution in [0.15, 0.2) is 42.1 Å². The van der Waals surface area contributed by atoms with Crippen LogP contribution in [-0.4, -0.2) is 185 Å². The number of aliphatic hydroxyl groups excluding tert-OH is 1. The maximum Gasteiger partial charge on any atom is 0.329 e. The number of amides is 12. The monoisotopic (exact) mass is 1360 g/mol. The molecule has 0 spiro atoms. The zero-order valence-corrected chi connectivity index (χ0v) is 59.7. The number of hydrogen-bond donors (Lipinski definition) is 14. The number of likely N-dealkylation sites (tertiary alicyclic amines) is 1. The van der Waals surface area contributed by atoms with Gasteiger partial charge in [0.05, 0.1) is 12.1 Å². The van der Waals surface area contributed by atoms with Crippen molar-refractivity contribution in [3.8, 4) is 0 Å². The minimum atomic E-state index is -1.82. The molecule has 12 amide bonds. The highest BCUT2D eigenvalue weighted by Gasteiger charge is 2.44. The van der Waals surface area contributed by atoms with Gasteiger partial charge in [-0.15, -0.1) is 0 Å². The van der Waals surface area contributed by atoms with Gasteiger partial charge in [0.25, 0.3) is 5.91 Å². The van der Waals surface area contributed by atoms with Gasteiger partial charge in [-0.1, -0.05) is 146 Å². The van der Waals surface area contributed by atoms with Crippen LogP contribution in [0.2, 0.25) is 0 Å². The third-order valence-electron chi connectivity index (χ3n) is 17.8. The van der Waals surface area contributed by atoms with Gasteiger partial charge in [0.2, 0.25) is 65.0 Å². The lowest BCUT2D eigenvalue weighted by atomic mass is 9.95. The normalized spacial score (nSPS) is 23.5. The van der Waals surface area contributed by atoms with E-state index in [-0.39, 0.29) is 56.8 Å². The number of ether oxygens (including phenoxy) is 1. The molecule has 0 radical (unpaired) electrons. The number of cyclic esters (lactones) is 1. The molecule has 1 aromatic rings. The molecule has 29 heteroatoms. The molecule has 0 bridgehead atoms. The summed E-state index contributed by atoms with van der Waals surface area (Å²) < 4.78 is 5.95. The van der Waals surface area contributed by atoms with Gasteiger partial charge in [-0.05, 0) is 100.0 Å². The average molecular weight is 1370 g/mol. The summed E-state index contributed by atoms with van der Waals surface area (Å²) in [5.41, 5.74) is 12.3. The minimum absolute atomic E-state index is 0.0317. The maximum absolute atomic E-state index is 15.0. The second-order valence-electron chi connectivity index (χ2n) is 27.4. The van der Waals surface area contributed by atoms with Crippen LogP contribution in [0.5, 0.6) is 0 Å². The van der Waals surface area contributed by atoms with Gasteiger partial charge in [-0.3, -0.25) is 57.5 Å². The number of allylic oxidation sites excluding steroid dienone is 1. The van der Waals surface area contributed by atoms with Gasteiger partial charge < -0.3 is 84.7 Å². The third-order valence-corrected chi connectivity index (χ3v) is 17.8. The second-order valence-corrected chi connectivity index (χ2v) is 27.4. The molecule has 2 heterocycles. The van der Waals surface area contributed by atoms with Crippen molar-refractivity contribution in [2.24, 2.45) is 52.9 Å². The fraction of sp³-hybridized carbons (Fsp3) is 0.691. The summed E-state index contributed by atoms with van der Waals surface area (Å²) in [5, 5.41) is 40.0. The SMILES string of the molecule is C/C=C1\NC(=O)[C@H](Cc2ccccc2)NC(=O)[C@@H](C(C)C)NC(=O)[C@@H]([C@H](C)CC)NC(=O)[C@H](NC(=O)[C@H](NC(=O)[C@H](CCCN)NC(=O)[C@H]2CCCN2C(=O)[C@H](NC(=O)[C@@H](NC(=O)[C@@H](NC(=O)[C@H](N)C(C)C)[C@@H](C)O)C(C)C)C(C)C)[C@H](C)CC)[C@H](C)OC(=O)[C@H](C(C)C)NC1=O. The number of esters is 1. The van der Waals surface area contributed by atoms with Crippen molar-refractivity contribution in [1.82, 2.24) is 63.4 Å². The van der Waals surface area contributed by atoms with Gasteiger partial charge in [0.15, 0.2) is 0 Å². The molecule has 2 aliphatic heterocycles. The molecule has 544 valence electrons. The molecule has 0 aromatic heterocycles. The maximum atomic E-state index is 15.0. The van der Waals surface area contributed by atoms with Crippen molar-refractivity contribution in [1.29, 1.82) is 0 Å². The Morgan fingerprint density at radius 2 is 1.21 bits per heavy atom. The standard InChI is InChI=1S/C68H112N14O15/c1-18-38(14)52(78-57(85)44(28-24-30-69)72-59(87)46-29-25-31-82(46)67(95)50(36(10)11)76-62(90)49(35(8)9)75-65(93)54(40(16)83)80-60(88)47(70)33(4)5)64(92)81-55-41(17)97-68(96)51(37(12)13)77-56(84)43(20-3)71-58(86)45(32-42-26-22-21-23-27-42)73-61(89)48(34(6)7)74-63(91)53(39(15)19-2)79-66(55)94/h20-23,26-27,33-41,44-55,83H,18-19,24-25,28-32,69-70H2,1-17H3,(H,71,86)(H,72,87)(H,73,89)(H,74,91)(H,75,93)(H,76,90)(H,77,84)(H,78,85)(H,79,94)(H,80,88)(H,81,92)/b43-20-/t38-,39-,40-,41+,44+,45+,46-,47-,48-,49+,50-,51+,52-,53-,54+,55-/m1/s1. The Hall–Kier alpha value is -8.05. The van der Waals surface area contributed by atoms with E-state index in [1.807, 2.05) is 0 Å². The highest BCUT2D eigenvalue weighted by atomic mass is 16.5. The van der Waals surface area contributed by atoms with Gasteiger partial charge >= 0.3 is 5.97 Å². The van der Waals surface area contributed by atoms with E-state index >= 15 is 0 Å². The van der Waals surface area contributed by atoms with E-state index in [1.165, 1.54) is 31.7 Å². The van der Waals surface area contributed by atoms with Crippen LogP contribution in [0.1, 0.15) is 162 Å². The first-order chi connectivity index (χ1) is 45.5. The van der Waals surface area contributed by atoms with E-state index in [0.717, 1.165) is 0 Å². The number of carbonyl (C=O) groups is 13. The number of benzene rings is 1. The number of aliphatic hydroxyl groups is 1. The second kappa shape index (κ2) is 39.4. The molecule has 0 saturated carbocycles. The number of rotatable bonds is 28. The highest BCUT2D eigenvalue weighted by molar-refractivity contribution is 6.03. The van der Waals surface area contributed by atoms with Gasteiger partial charge in [0.1, 0.15) is 78.3 Å². The predicted octanol–water partition coefficient (Wildman–Crippen LogP) is -0.147. The van der Waals surface area contributed by atoms with Crippen LogP contribution in [0.3, 0.4) is 0 Å². The van der Waals surface area contributed by atoms with Crippen molar-refractivity contribution < 1.29 is 72.2 Å². The van der Waals surface area contributed by atoms with Crippen molar-refractivity contribution in [3.05, 3.63) is 47.7 Å².